The summed E-state index contributed by atoms with van der Waals surface area (Å²) < 4.78 is 1.54. The van der Waals surface area contributed by atoms with Crippen LogP contribution in [-0.2, 0) is 17.3 Å². The van der Waals surface area contributed by atoms with Crippen molar-refractivity contribution in [3.05, 3.63) is 11.8 Å². The number of nitrogen functional groups attached to an aromatic ring is 1. The minimum Gasteiger partial charge on any atom is -0.481 e. The van der Waals surface area contributed by atoms with Gasteiger partial charge in [0.05, 0.1) is 5.69 Å². The average molecular weight is 223 g/mol. The second kappa shape index (κ2) is 3.81. The van der Waals surface area contributed by atoms with Gasteiger partial charge in [-0.3, -0.25) is 9.48 Å². The number of carbonyl (C=O) groups is 1. The molecule has 5 nitrogen and oxygen atoms in total. The van der Waals surface area contributed by atoms with E-state index in [2.05, 4.69) is 5.10 Å². The van der Waals surface area contributed by atoms with Crippen LogP contribution in [0, 0.1) is 0 Å². The van der Waals surface area contributed by atoms with Crippen LogP contribution in [0.5, 0.6) is 0 Å². The highest BCUT2D eigenvalue weighted by molar-refractivity contribution is 5.81. The molecule has 1 saturated carbocycles. The Morgan fingerprint density at radius 2 is 2.12 bits per heavy atom. The Morgan fingerprint density at radius 3 is 2.56 bits per heavy atom. The number of aliphatic carboxylic acids is 1. The van der Waals surface area contributed by atoms with Crippen molar-refractivity contribution >= 4 is 11.8 Å². The zero-order valence-electron chi connectivity index (χ0n) is 9.44. The van der Waals surface area contributed by atoms with Crippen molar-refractivity contribution < 1.29 is 9.90 Å². The topological polar surface area (TPSA) is 81.1 Å². The molecule has 0 amide bonds. The van der Waals surface area contributed by atoms with Crippen LogP contribution in [0.15, 0.2) is 6.07 Å². The fourth-order valence-corrected chi connectivity index (χ4v) is 2.45. The summed E-state index contributed by atoms with van der Waals surface area (Å²) in [5.74, 6) is -0.258. The van der Waals surface area contributed by atoms with E-state index in [1.165, 1.54) is 4.68 Å². The van der Waals surface area contributed by atoms with Gasteiger partial charge in [0.1, 0.15) is 11.2 Å². The normalized spacial score (nSPS) is 19.6. The predicted molar refractivity (Wildman–Crippen MR) is 60.0 cm³/mol. The summed E-state index contributed by atoms with van der Waals surface area (Å²) in [4.78, 5) is 11.5. The Labute approximate surface area is 94.2 Å². The number of hydrogen-bond acceptors (Lipinski definition) is 3. The molecule has 0 bridgehead atoms. The molecule has 1 aromatic rings. The van der Waals surface area contributed by atoms with Crippen molar-refractivity contribution in [1.29, 1.82) is 0 Å². The first-order valence-electron chi connectivity index (χ1n) is 5.60. The monoisotopic (exact) mass is 223 g/mol. The minimum atomic E-state index is -0.812. The SMILES string of the molecule is Cn1nc(C2(C(=O)O)CCCCC2)cc1N. The second-order valence-corrected chi connectivity index (χ2v) is 4.53. The van der Waals surface area contributed by atoms with Crippen LogP contribution in [0.1, 0.15) is 37.8 Å². The largest absolute Gasteiger partial charge is 0.481 e. The third-order valence-corrected chi connectivity index (χ3v) is 3.52. The highest BCUT2D eigenvalue weighted by Crippen LogP contribution is 2.39. The zero-order chi connectivity index (χ0) is 11.8. The van der Waals surface area contributed by atoms with Gasteiger partial charge in [0, 0.05) is 13.1 Å². The molecule has 0 unspecified atom stereocenters. The van der Waals surface area contributed by atoms with Gasteiger partial charge in [-0.1, -0.05) is 19.3 Å². The van der Waals surface area contributed by atoms with Crippen LogP contribution < -0.4 is 5.73 Å². The van der Waals surface area contributed by atoms with Gasteiger partial charge in [0.2, 0.25) is 0 Å². The molecule has 1 aromatic heterocycles. The maximum atomic E-state index is 11.5. The number of carboxylic acid groups (broad SMARTS) is 1. The maximum Gasteiger partial charge on any atom is 0.315 e. The second-order valence-electron chi connectivity index (χ2n) is 4.53. The number of nitrogens with zero attached hydrogens (tertiary/aromatic N) is 2. The average Bonchev–Trinajstić information content (AvgIpc) is 2.60. The smallest absolute Gasteiger partial charge is 0.315 e. The van der Waals surface area contributed by atoms with Crippen molar-refractivity contribution in [3.63, 3.8) is 0 Å². The Kier molecular flexibility index (Phi) is 2.61. The molecule has 0 spiro atoms. The summed E-state index contributed by atoms with van der Waals surface area (Å²) in [7, 11) is 1.73. The molecule has 3 N–H and O–H groups in total. The molecule has 16 heavy (non-hydrogen) atoms. The molecular formula is C11H17N3O2. The Balaban J connectivity index is 2.42. The van der Waals surface area contributed by atoms with Crippen LogP contribution in [-0.4, -0.2) is 20.9 Å². The van der Waals surface area contributed by atoms with Gasteiger partial charge in [-0.15, -0.1) is 0 Å². The molecular weight excluding hydrogens is 206 g/mol. The number of carboxylic acids is 1. The quantitative estimate of drug-likeness (QED) is 0.791. The van der Waals surface area contributed by atoms with Crippen LogP contribution in [0.2, 0.25) is 0 Å². The molecule has 1 heterocycles. The molecule has 0 atom stereocenters. The summed E-state index contributed by atoms with van der Waals surface area (Å²) in [6.07, 6.45) is 4.33. The van der Waals surface area contributed by atoms with E-state index in [1.807, 2.05) is 0 Å². The lowest BCUT2D eigenvalue weighted by Crippen LogP contribution is -2.38. The summed E-state index contributed by atoms with van der Waals surface area (Å²) in [5, 5.41) is 13.7. The number of nitrogens with two attached hydrogens (primary N) is 1. The van der Waals surface area contributed by atoms with Crippen molar-refractivity contribution in [1.82, 2.24) is 9.78 Å². The molecule has 1 aliphatic rings. The minimum absolute atomic E-state index is 0.515. The number of hydrogen-bond donors (Lipinski definition) is 2. The molecule has 0 aliphatic heterocycles. The lowest BCUT2D eigenvalue weighted by molar-refractivity contribution is -0.145. The molecule has 0 aromatic carbocycles. The fourth-order valence-electron chi connectivity index (χ4n) is 2.45. The third kappa shape index (κ3) is 1.56. The molecule has 2 rings (SSSR count). The number of aryl methyl sites for hydroxylation is 1. The van der Waals surface area contributed by atoms with E-state index in [-0.39, 0.29) is 0 Å². The van der Waals surface area contributed by atoms with Gasteiger partial charge in [0.25, 0.3) is 0 Å². The molecule has 1 fully saturated rings. The van der Waals surface area contributed by atoms with Gasteiger partial charge in [0.15, 0.2) is 0 Å². The summed E-state index contributed by atoms with van der Waals surface area (Å²) in [5.41, 5.74) is 5.51. The highest BCUT2D eigenvalue weighted by Gasteiger charge is 2.43. The van der Waals surface area contributed by atoms with Crippen LogP contribution in [0.4, 0.5) is 5.82 Å². The molecule has 0 radical (unpaired) electrons. The summed E-state index contributed by atoms with van der Waals surface area (Å²) >= 11 is 0. The highest BCUT2D eigenvalue weighted by atomic mass is 16.4. The molecule has 1 aliphatic carbocycles. The Hall–Kier alpha value is -1.52. The van der Waals surface area contributed by atoms with E-state index < -0.39 is 11.4 Å². The lowest BCUT2D eigenvalue weighted by atomic mass is 9.72. The number of aromatic nitrogens is 2. The van der Waals surface area contributed by atoms with E-state index in [9.17, 15) is 9.90 Å². The van der Waals surface area contributed by atoms with Crippen molar-refractivity contribution in [2.75, 3.05) is 5.73 Å². The van der Waals surface area contributed by atoms with Gasteiger partial charge in [-0.05, 0) is 12.8 Å². The fraction of sp³-hybridized carbons (Fsp3) is 0.636. The first-order chi connectivity index (χ1) is 7.56. The van der Waals surface area contributed by atoms with Gasteiger partial charge in [-0.25, -0.2) is 0 Å². The molecule has 0 saturated heterocycles. The molecule has 88 valence electrons. The van der Waals surface area contributed by atoms with E-state index in [0.29, 0.717) is 24.4 Å². The predicted octanol–water partition coefficient (Wildman–Crippen LogP) is 1.29. The first kappa shape index (κ1) is 11.0. The summed E-state index contributed by atoms with van der Waals surface area (Å²) in [6.45, 7) is 0. The maximum absolute atomic E-state index is 11.5. The van der Waals surface area contributed by atoms with E-state index in [1.54, 1.807) is 13.1 Å². The number of anilines is 1. The molecule has 5 heteroatoms. The van der Waals surface area contributed by atoms with Crippen LogP contribution in [0.25, 0.3) is 0 Å². The van der Waals surface area contributed by atoms with Gasteiger partial charge in [-0.2, -0.15) is 5.10 Å². The van der Waals surface area contributed by atoms with Crippen LogP contribution >= 0.6 is 0 Å². The number of rotatable bonds is 2. The zero-order valence-corrected chi connectivity index (χ0v) is 9.44. The standard InChI is InChI=1S/C11H17N3O2/c1-14-9(12)7-8(13-14)11(10(15)16)5-3-2-4-6-11/h7H,2-6,12H2,1H3,(H,15,16). The van der Waals surface area contributed by atoms with Crippen molar-refractivity contribution in [2.24, 2.45) is 7.05 Å². The first-order valence-corrected chi connectivity index (χ1v) is 5.60. The van der Waals surface area contributed by atoms with Gasteiger partial charge >= 0.3 is 5.97 Å². The van der Waals surface area contributed by atoms with Gasteiger partial charge < -0.3 is 10.8 Å². The van der Waals surface area contributed by atoms with Crippen molar-refractivity contribution in [2.45, 2.75) is 37.5 Å². The van der Waals surface area contributed by atoms with E-state index in [0.717, 1.165) is 19.3 Å². The third-order valence-electron chi connectivity index (χ3n) is 3.52. The van der Waals surface area contributed by atoms with Crippen LogP contribution in [0.3, 0.4) is 0 Å². The lowest BCUT2D eigenvalue weighted by Gasteiger charge is -2.31. The van der Waals surface area contributed by atoms with E-state index >= 15 is 0 Å². The summed E-state index contributed by atoms with van der Waals surface area (Å²) in [6, 6.07) is 1.69. The Morgan fingerprint density at radius 1 is 1.50 bits per heavy atom. The van der Waals surface area contributed by atoms with E-state index in [4.69, 9.17) is 5.73 Å². The van der Waals surface area contributed by atoms with Crippen molar-refractivity contribution in [3.8, 4) is 0 Å². The Bertz CT molecular complexity index is 386.